The van der Waals surface area contributed by atoms with Gasteiger partial charge in [0, 0.05) is 30.4 Å². The van der Waals surface area contributed by atoms with Crippen LogP contribution in [0.1, 0.15) is 6.42 Å². The number of ether oxygens (including phenoxy) is 4. The maximum absolute atomic E-state index is 12.4. The fourth-order valence-electron chi connectivity index (χ4n) is 3.59. The lowest BCUT2D eigenvalue weighted by Crippen LogP contribution is -2.15. The summed E-state index contributed by atoms with van der Waals surface area (Å²) in [5.41, 5.74) is 0.204. The average Bonchev–Trinajstić information content (AvgIpc) is 2.85. The van der Waals surface area contributed by atoms with Gasteiger partial charge in [0.2, 0.25) is 0 Å². The van der Waals surface area contributed by atoms with Crippen LogP contribution < -0.4 is 10.2 Å². The molecule has 40 heavy (non-hydrogen) atoms. The molecule has 1 aromatic heterocycles. The second-order valence-corrected chi connectivity index (χ2v) is 12.5. The van der Waals surface area contributed by atoms with Crippen molar-refractivity contribution in [3.05, 3.63) is 52.7 Å². The van der Waals surface area contributed by atoms with E-state index in [0.29, 0.717) is 11.3 Å². The lowest BCUT2D eigenvalue weighted by Gasteiger charge is -2.19. The maximum atomic E-state index is 12.4. The van der Waals surface area contributed by atoms with Crippen LogP contribution in [0.4, 0.5) is 0 Å². The third-order valence-electron chi connectivity index (χ3n) is 5.47. The van der Waals surface area contributed by atoms with Gasteiger partial charge in [-0.25, -0.2) is 0 Å². The van der Waals surface area contributed by atoms with Crippen LogP contribution in [0, 0.1) is 0 Å². The van der Waals surface area contributed by atoms with Gasteiger partial charge in [0.25, 0.3) is 0 Å². The van der Waals surface area contributed by atoms with Crippen LogP contribution in [0.5, 0.6) is 17.2 Å². The fraction of sp³-hybridized carbons (Fsp3) is 0.375. The van der Waals surface area contributed by atoms with E-state index in [0.717, 1.165) is 6.07 Å². The number of rotatable bonds is 16. The molecule has 0 saturated carbocycles. The summed E-state index contributed by atoms with van der Waals surface area (Å²) in [6.07, 6.45) is -0.489. The molecule has 0 aliphatic carbocycles. The molecule has 0 unspecified atom stereocenters. The van der Waals surface area contributed by atoms with Gasteiger partial charge < -0.3 is 53.2 Å². The first kappa shape index (κ1) is 31.8. The van der Waals surface area contributed by atoms with E-state index < -0.39 is 32.4 Å². The molecule has 220 valence electrons. The average molecular weight is 604 g/mol. The maximum Gasteiger partial charge on any atom is 0.340 e. The molecular weight excluding hydrogens is 574 g/mol. The van der Waals surface area contributed by atoms with E-state index in [1.807, 2.05) is 0 Å². The summed E-state index contributed by atoms with van der Waals surface area (Å²) < 4.78 is 49.4. The Bertz CT molecular complexity index is 1390. The molecule has 2 aromatic carbocycles. The van der Waals surface area contributed by atoms with Gasteiger partial charge in [0.1, 0.15) is 40.6 Å². The molecule has 0 atom stereocenters. The van der Waals surface area contributed by atoms with Crippen molar-refractivity contribution >= 4 is 26.2 Å². The van der Waals surface area contributed by atoms with Gasteiger partial charge >= 0.3 is 15.2 Å². The molecule has 0 aliphatic heterocycles. The van der Waals surface area contributed by atoms with E-state index in [9.17, 15) is 24.1 Å². The van der Waals surface area contributed by atoms with E-state index in [2.05, 4.69) is 0 Å². The standard InChI is InChI=1S/C24H30O14P2/c25-17-13-19(26)24-20(27)15-21(38-22(24)14-17)16-1-3-18(4-2-16)37-12-11-36-10-9-35-8-7-34-6-5-23(39(28,29)30)40(31,32)33/h1-4,13-15,23,25-26H,5-12H2,(H2,28,29,30)(H2,31,32,33). The summed E-state index contributed by atoms with van der Waals surface area (Å²) in [6, 6.07) is 10.3. The number of hydrogen-bond donors (Lipinski definition) is 6. The summed E-state index contributed by atoms with van der Waals surface area (Å²) in [5.74, 6) is 0.218. The lowest BCUT2D eigenvalue weighted by molar-refractivity contribution is 0.00909. The van der Waals surface area contributed by atoms with Crippen LogP contribution >= 0.6 is 15.2 Å². The molecular formula is C24H30O14P2. The van der Waals surface area contributed by atoms with Crippen LogP contribution in [0.2, 0.25) is 0 Å². The highest BCUT2D eigenvalue weighted by atomic mass is 31.2. The first-order valence-electron chi connectivity index (χ1n) is 11.9. The Morgan fingerprint density at radius 2 is 1.30 bits per heavy atom. The van der Waals surface area contributed by atoms with Crippen molar-refractivity contribution in [1.29, 1.82) is 0 Å². The highest BCUT2D eigenvalue weighted by molar-refractivity contribution is 7.70. The first-order valence-corrected chi connectivity index (χ1v) is 15.3. The van der Waals surface area contributed by atoms with Crippen molar-refractivity contribution < 1.29 is 62.3 Å². The molecule has 0 saturated heterocycles. The number of phenolic OH excluding ortho intramolecular Hbond substituents is 2. The molecule has 0 aliphatic rings. The number of phenols is 2. The molecule has 1 heterocycles. The summed E-state index contributed by atoms with van der Waals surface area (Å²) in [6.45, 7) is 1.03. The molecule has 0 radical (unpaired) electrons. The second kappa shape index (κ2) is 14.2. The van der Waals surface area contributed by atoms with Crippen molar-refractivity contribution in [1.82, 2.24) is 0 Å². The minimum Gasteiger partial charge on any atom is -0.508 e. The molecule has 0 fully saturated rings. The molecule has 14 nitrogen and oxygen atoms in total. The highest BCUT2D eigenvalue weighted by Gasteiger charge is 2.42. The number of aromatic hydroxyl groups is 2. The van der Waals surface area contributed by atoms with Gasteiger partial charge in [-0.05, 0) is 30.7 Å². The fourth-order valence-corrected chi connectivity index (χ4v) is 6.04. The zero-order valence-electron chi connectivity index (χ0n) is 21.1. The van der Waals surface area contributed by atoms with E-state index in [-0.39, 0.29) is 74.5 Å². The molecule has 0 amide bonds. The van der Waals surface area contributed by atoms with Gasteiger partial charge in [0.05, 0.1) is 33.0 Å². The number of benzene rings is 2. The first-order chi connectivity index (χ1) is 18.9. The Hall–Kier alpha value is -2.77. The summed E-state index contributed by atoms with van der Waals surface area (Å²) in [5, 5.41) is 17.4. The summed E-state index contributed by atoms with van der Waals surface area (Å²) >= 11 is 0. The smallest absolute Gasteiger partial charge is 0.340 e. The van der Waals surface area contributed by atoms with Crippen molar-refractivity contribution in [3.8, 4) is 28.6 Å². The highest BCUT2D eigenvalue weighted by Crippen LogP contribution is 2.61. The number of hydrogen-bond acceptors (Lipinski definition) is 10. The predicted molar refractivity (Wildman–Crippen MR) is 142 cm³/mol. The zero-order valence-corrected chi connectivity index (χ0v) is 22.9. The molecule has 16 heteroatoms. The van der Waals surface area contributed by atoms with Crippen LogP contribution in [-0.2, 0) is 23.3 Å². The van der Waals surface area contributed by atoms with Crippen LogP contribution in [0.3, 0.4) is 0 Å². The molecule has 0 bridgehead atoms. The van der Waals surface area contributed by atoms with Crippen molar-refractivity contribution in [2.24, 2.45) is 0 Å². The van der Waals surface area contributed by atoms with Crippen LogP contribution in [0.15, 0.2) is 51.7 Å². The second-order valence-electron chi connectivity index (χ2n) is 8.47. The third kappa shape index (κ3) is 9.41. The minimum absolute atomic E-state index is 0.0185. The van der Waals surface area contributed by atoms with Gasteiger partial charge in [-0.1, -0.05) is 0 Å². The SMILES string of the molecule is O=c1cc(-c2ccc(OCCOCCOCCOCCC(P(=O)(O)O)P(=O)(O)O)cc2)oc2cc(O)cc(O)c12. The van der Waals surface area contributed by atoms with Gasteiger partial charge in [0.15, 0.2) is 10.8 Å². The van der Waals surface area contributed by atoms with Crippen molar-refractivity contribution in [2.75, 3.05) is 46.2 Å². The largest absolute Gasteiger partial charge is 0.508 e. The topological polar surface area (TPSA) is 223 Å². The van der Waals surface area contributed by atoms with Crippen molar-refractivity contribution in [3.63, 3.8) is 0 Å². The van der Waals surface area contributed by atoms with E-state index >= 15 is 0 Å². The normalized spacial score (nSPS) is 12.3. The Labute approximate surface area is 228 Å². The number of fused-ring (bicyclic) bond motifs is 1. The lowest BCUT2D eigenvalue weighted by atomic mass is 10.1. The van der Waals surface area contributed by atoms with Crippen LogP contribution in [0.25, 0.3) is 22.3 Å². The minimum atomic E-state index is -4.95. The summed E-state index contributed by atoms with van der Waals surface area (Å²) in [4.78, 5) is 48.5. The van der Waals surface area contributed by atoms with E-state index in [1.165, 1.54) is 12.1 Å². The van der Waals surface area contributed by atoms with E-state index in [1.54, 1.807) is 24.3 Å². The Morgan fingerprint density at radius 3 is 1.88 bits per heavy atom. The van der Waals surface area contributed by atoms with Crippen molar-refractivity contribution in [2.45, 2.75) is 11.8 Å². The quantitative estimate of drug-likeness (QED) is 0.102. The monoisotopic (exact) mass is 604 g/mol. The Balaban J connectivity index is 1.30. The molecule has 3 aromatic rings. The summed E-state index contributed by atoms with van der Waals surface area (Å²) in [7, 11) is -9.91. The Morgan fingerprint density at radius 1 is 0.750 bits per heavy atom. The molecule has 6 N–H and O–H groups in total. The molecule has 3 rings (SSSR count). The third-order valence-corrected chi connectivity index (χ3v) is 9.35. The Kier molecular flexibility index (Phi) is 11.3. The van der Waals surface area contributed by atoms with Crippen LogP contribution in [-0.4, -0.2) is 81.4 Å². The predicted octanol–water partition coefficient (Wildman–Crippen LogP) is 2.37. The molecule has 0 spiro atoms. The zero-order chi connectivity index (χ0) is 29.3. The van der Waals surface area contributed by atoms with Gasteiger partial charge in [-0.15, -0.1) is 0 Å². The van der Waals surface area contributed by atoms with Gasteiger partial charge in [-0.3, -0.25) is 13.9 Å². The van der Waals surface area contributed by atoms with E-state index in [4.69, 9.17) is 42.9 Å². The van der Waals surface area contributed by atoms with Gasteiger partial charge in [-0.2, -0.15) is 0 Å².